The van der Waals surface area contributed by atoms with Crippen LogP contribution in [0.15, 0.2) is 48.6 Å². The number of hydrogen-bond acceptors (Lipinski definition) is 7. The lowest BCUT2D eigenvalue weighted by molar-refractivity contribution is -0.870. The first-order valence-electron chi connectivity index (χ1n) is 21.9. The van der Waals surface area contributed by atoms with E-state index in [0.717, 1.165) is 38.5 Å². The third kappa shape index (κ3) is 41.6. The van der Waals surface area contributed by atoms with Crippen molar-refractivity contribution in [3.63, 3.8) is 0 Å². The van der Waals surface area contributed by atoms with Gasteiger partial charge in [-0.25, -0.2) is 0 Å². The molecule has 0 spiro atoms. The molecule has 0 N–H and O–H groups in total. The molecule has 316 valence electrons. The predicted octanol–water partition coefficient (Wildman–Crippen LogP) is 12.1. The van der Waals surface area contributed by atoms with Crippen molar-refractivity contribution in [3.05, 3.63) is 48.6 Å². The summed E-state index contributed by atoms with van der Waals surface area (Å²) in [4.78, 5) is 25.0. The van der Waals surface area contributed by atoms with Gasteiger partial charge < -0.3 is 27.9 Å². The molecule has 0 aliphatic rings. The molecular weight excluding hydrogens is 697 g/mol. The Bertz CT molecular complexity index is 1000. The van der Waals surface area contributed by atoms with Crippen LogP contribution in [-0.4, -0.2) is 70.7 Å². The molecule has 0 aromatic rings. The number of quaternary nitrogens is 1. The summed E-state index contributed by atoms with van der Waals surface area (Å²) in [7, 11) is 1.32. The second kappa shape index (κ2) is 38.3. The van der Waals surface area contributed by atoms with E-state index >= 15 is 0 Å². The van der Waals surface area contributed by atoms with Gasteiger partial charge in [0.05, 0.1) is 34.4 Å². The molecule has 0 aromatic carbocycles. The molecule has 0 amide bonds. The molecule has 0 bridgehead atoms. The SMILES string of the molecule is CCCCC/C=C\C/C=C\C/C=C\C/C=C\CCCC(=O)O[C@H](COCCCCCCCCCCCCCCCCC)COP(=O)([O-])OCC[N+](C)(C)C. The van der Waals surface area contributed by atoms with Gasteiger partial charge in [-0.05, 0) is 51.4 Å². The number of carbonyl (C=O) groups excluding carboxylic acids is 1. The second-order valence-corrected chi connectivity index (χ2v) is 17.1. The molecule has 0 saturated carbocycles. The number of esters is 1. The summed E-state index contributed by atoms with van der Waals surface area (Å²) in [5, 5.41) is 0. The average Bonchev–Trinajstić information content (AvgIpc) is 3.12. The largest absolute Gasteiger partial charge is 0.756 e. The van der Waals surface area contributed by atoms with Crippen molar-refractivity contribution >= 4 is 13.8 Å². The lowest BCUT2D eigenvalue weighted by Gasteiger charge is -2.28. The molecule has 2 atom stereocenters. The number of likely N-dealkylation sites (N-methyl/N-ethyl adjacent to an activating group) is 1. The minimum atomic E-state index is -4.54. The van der Waals surface area contributed by atoms with Crippen LogP contribution in [0.2, 0.25) is 0 Å². The van der Waals surface area contributed by atoms with Gasteiger partial charge in [0.15, 0.2) is 0 Å². The fraction of sp³-hybridized carbons (Fsp3) is 0.800. The topological polar surface area (TPSA) is 94.1 Å². The van der Waals surface area contributed by atoms with E-state index in [1.54, 1.807) is 0 Å². The number of nitrogens with zero attached hydrogens (tertiary/aromatic N) is 1. The number of allylic oxidation sites excluding steroid dienone is 8. The van der Waals surface area contributed by atoms with Crippen molar-refractivity contribution in [2.45, 2.75) is 180 Å². The summed E-state index contributed by atoms with van der Waals surface area (Å²) in [6.07, 6.45) is 45.5. The van der Waals surface area contributed by atoms with Gasteiger partial charge in [-0.1, -0.05) is 165 Å². The molecule has 54 heavy (non-hydrogen) atoms. The van der Waals surface area contributed by atoms with E-state index in [-0.39, 0.29) is 32.2 Å². The third-order valence-electron chi connectivity index (χ3n) is 9.13. The Labute approximate surface area is 333 Å². The molecule has 0 saturated heterocycles. The first-order chi connectivity index (χ1) is 26.1. The number of rotatable bonds is 40. The molecule has 0 aliphatic heterocycles. The molecule has 0 rings (SSSR count). The van der Waals surface area contributed by atoms with Gasteiger partial charge in [0.25, 0.3) is 7.82 Å². The smallest absolute Gasteiger partial charge is 0.306 e. The molecule has 0 heterocycles. The molecule has 0 aromatic heterocycles. The van der Waals surface area contributed by atoms with Crippen molar-refractivity contribution in [2.24, 2.45) is 0 Å². The van der Waals surface area contributed by atoms with Gasteiger partial charge >= 0.3 is 5.97 Å². The number of unbranched alkanes of at least 4 members (excludes halogenated alkanes) is 18. The minimum absolute atomic E-state index is 0.0158. The lowest BCUT2D eigenvalue weighted by Crippen LogP contribution is -2.37. The molecule has 0 fully saturated rings. The number of phosphoric acid groups is 1. The summed E-state index contributed by atoms with van der Waals surface area (Å²) < 4.78 is 34.5. The van der Waals surface area contributed by atoms with E-state index in [0.29, 0.717) is 24.1 Å². The van der Waals surface area contributed by atoms with Crippen LogP contribution in [0.4, 0.5) is 0 Å². The Kier molecular flexibility index (Phi) is 37.2. The Balaban J connectivity index is 4.34. The summed E-state index contributed by atoms with van der Waals surface area (Å²) >= 11 is 0. The van der Waals surface area contributed by atoms with Crippen molar-refractivity contribution in [1.29, 1.82) is 0 Å². The van der Waals surface area contributed by atoms with E-state index < -0.39 is 13.9 Å². The first-order valence-corrected chi connectivity index (χ1v) is 23.3. The highest BCUT2D eigenvalue weighted by Gasteiger charge is 2.20. The highest BCUT2D eigenvalue weighted by molar-refractivity contribution is 7.45. The maximum absolute atomic E-state index is 12.6. The number of hydrogen-bond donors (Lipinski definition) is 0. The number of ether oxygens (including phenoxy) is 2. The molecule has 9 heteroatoms. The van der Waals surface area contributed by atoms with Gasteiger partial charge in [0, 0.05) is 13.0 Å². The van der Waals surface area contributed by atoms with Gasteiger partial charge in [0.2, 0.25) is 0 Å². The van der Waals surface area contributed by atoms with Gasteiger partial charge in [-0.2, -0.15) is 0 Å². The highest BCUT2D eigenvalue weighted by Crippen LogP contribution is 2.38. The van der Waals surface area contributed by atoms with E-state index in [4.69, 9.17) is 18.5 Å². The van der Waals surface area contributed by atoms with Crippen LogP contribution in [0, 0.1) is 0 Å². The first kappa shape index (κ1) is 52.5. The molecule has 0 radical (unpaired) electrons. The van der Waals surface area contributed by atoms with E-state index in [1.165, 1.54) is 109 Å². The van der Waals surface area contributed by atoms with E-state index in [9.17, 15) is 14.3 Å². The van der Waals surface area contributed by atoms with Crippen LogP contribution < -0.4 is 4.89 Å². The maximum atomic E-state index is 12.6. The Morgan fingerprint density at radius 1 is 0.574 bits per heavy atom. The summed E-state index contributed by atoms with van der Waals surface area (Å²) in [5.74, 6) is -0.387. The summed E-state index contributed by atoms with van der Waals surface area (Å²) in [6, 6.07) is 0. The summed E-state index contributed by atoms with van der Waals surface area (Å²) in [5.41, 5.74) is 0. The van der Waals surface area contributed by atoms with Crippen LogP contribution in [0.3, 0.4) is 0 Å². The average molecular weight is 782 g/mol. The van der Waals surface area contributed by atoms with Crippen LogP contribution in [-0.2, 0) is 27.9 Å². The third-order valence-corrected chi connectivity index (χ3v) is 10.1. The Morgan fingerprint density at radius 2 is 1.02 bits per heavy atom. The van der Waals surface area contributed by atoms with Crippen molar-refractivity contribution in [3.8, 4) is 0 Å². The second-order valence-electron chi connectivity index (χ2n) is 15.7. The van der Waals surface area contributed by atoms with Crippen molar-refractivity contribution in [1.82, 2.24) is 0 Å². The molecule has 1 unspecified atom stereocenters. The Morgan fingerprint density at radius 3 is 1.52 bits per heavy atom. The highest BCUT2D eigenvalue weighted by atomic mass is 31.2. The molecule has 0 aliphatic carbocycles. The minimum Gasteiger partial charge on any atom is -0.756 e. The monoisotopic (exact) mass is 782 g/mol. The van der Waals surface area contributed by atoms with Crippen molar-refractivity contribution in [2.75, 3.05) is 54.1 Å². The fourth-order valence-corrected chi connectivity index (χ4v) is 6.44. The quantitative estimate of drug-likeness (QED) is 0.0201. The maximum Gasteiger partial charge on any atom is 0.306 e. The molecule has 8 nitrogen and oxygen atoms in total. The zero-order valence-electron chi connectivity index (χ0n) is 35.7. The zero-order chi connectivity index (χ0) is 39.9. The van der Waals surface area contributed by atoms with Crippen LogP contribution in [0.5, 0.6) is 0 Å². The van der Waals surface area contributed by atoms with Crippen LogP contribution in [0.1, 0.15) is 174 Å². The molecular formula is C45H84NO7P. The zero-order valence-corrected chi connectivity index (χ0v) is 36.6. The fourth-order valence-electron chi connectivity index (χ4n) is 5.71. The van der Waals surface area contributed by atoms with Gasteiger partial charge in [-0.15, -0.1) is 0 Å². The number of carbonyl (C=O) groups is 1. The van der Waals surface area contributed by atoms with E-state index in [2.05, 4.69) is 62.5 Å². The van der Waals surface area contributed by atoms with Crippen LogP contribution in [0.25, 0.3) is 0 Å². The predicted molar refractivity (Wildman–Crippen MR) is 226 cm³/mol. The number of phosphoric ester groups is 1. The Hall–Kier alpha value is -1.54. The summed E-state index contributed by atoms with van der Waals surface area (Å²) in [6.45, 7) is 5.32. The lowest BCUT2D eigenvalue weighted by atomic mass is 10.0. The van der Waals surface area contributed by atoms with Crippen LogP contribution >= 0.6 is 7.82 Å². The standard InChI is InChI=1S/C45H84NO7P/c1-6-8-10-12-14-16-18-20-22-23-24-26-28-30-32-34-36-38-45(47)53-44(43-52-54(48,49)51-41-39-46(3,4)5)42-50-40-37-35-33-31-29-27-25-21-19-17-15-13-11-9-7-2/h14,16,20,22,24,26,30,32,44H,6-13,15,17-19,21,23,25,27-29,31,33-43H2,1-5H3/b16-14-,22-20-,26-24-,32-30-/t44-/m1/s1. The van der Waals surface area contributed by atoms with Gasteiger partial charge in [-0.3, -0.25) is 9.36 Å². The van der Waals surface area contributed by atoms with E-state index in [1.807, 2.05) is 21.1 Å². The van der Waals surface area contributed by atoms with Crippen molar-refractivity contribution < 1.29 is 37.3 Å². The normalized spacial score (nSPS) is 14.3. The van der Waals surface area contributed by atoms with Gasteiger partial charge in [0.1, 0.15) is 19.3 Å².